The van der Waals surface area contributed by atoms with Gasteiger partial charge in [0, 0.05) is 24.4 Å². The maximum atomic E-state index is 12.0. The standard InChI is InChI=1S/C16H26N2O2/c19-15(12-6-7-12)17-10-14(11-4-2-1-3-5-11)18-16(20)13-8-9-13/h11-14H,1-10H2,(H,17,19)(H,18,20). The molecular weight excluding hydrogens is 252 g/mol. The van der Waals surface area contributed by atoms with Crippen molar-refractivity contribution in [2.24, 2.45) is 17.8 Å². The molecule has 0 heterocycles. The van der Waals surface area contributed by atoms with E-state index in [0.29, 0.717) is 12.5 Å². The first kappa shape index (κ1) is 13.9. The summed E-state index contributed by atoms with van der Waals surface area (Å²) < 4.78 is 0. The van der Waals surface area contributed by atoms with Crippen LogP contribution in [0.2, 0.25) is 0 Å². The zero-order chi connectivity index (χ0) is 13.9. The molecule has 0 aliphatic heterocycles. The third-order valence-electron chi connectivity index (χ3n) is 4.94. The lowest BCUT2D eigenvalue weighted by molar-refractivity contribution is -0.125. The number of carbonyl (C=O) groups excluding carboxylic acids is 2. The van der Waals surface area contributed by atoms with Crippen LogP contribution in [0.3, 0.4) is 0 Å². The second-order valence-corrected chi connectivity index (χ2v) is 6.81. The molecule has 0 aromatic carbocycles. The first-order valence-electron chi connectivity index (χ1n) is 8.32. The Bertz CT molecular complexity index is 369. The van der Waals surface area contributed by atoms with Crippen LogP contribution in [0.5, 0.6) is 0 Å². The summed E-state index contributed by atoms with van der Waals surface area (Å²) in [5.74, 6) is 1.44. The third kappa shape index (κ3) is 3.74. The second-order valence-electron chi connectivity index (χ2n) is 6.81. The van der Waals surface area contributed by atoms with Crippen LogP contribution in [0.15, 0.2) is 0 Å². The lowest BCUT2D eigenvalue weighted by atomic mass is 9.83. The first-order chi connectivity index (χ1) is 9.74. The Kier molecular flexibility index (Phi) is 4.27. The molecule has 0 saturated heterocycles. The van der Waals surface area contributed by atoms with E-state index in [1.54, 1.807) is 0 Å². The summed E-state index contributed by atoms with van der Waals surface area (Å²) in [5.41, 5.74) is 0. The molecule has 3 saturated carbocycles. The zero-order valence-corrected chi connectivity index (χ0v) is 12.2. The Morgan fingerprint density at radius 2 is 1.45 bits per heavy atom. The van der Waals surface area contributed by atoms with E-state index >= 15 is 0 Å². The molecule has 0 spiro atoms. The SMILES string of the molecule is O=C(NCC(NC(=O)C1CC1)C1CCCCC1)C1CC1. The van der Waals surface area contributed by atoms with Gasteiger partial charge in [-0.2, -0.15) is 0 Å². The molecule has 1 unspecified atom stereocenters. The van der Waals surface area contributed by atoms with E-state index in [9.17, 15) is 9.59 Å². The van der Waals surface area contributed by atoms with Gasteiger partial charge in [-0.15, -0.1) is 0 Å². The van der Waals surface area contributed by atoms with Crippen molar-refractivity contribution in [3.63, 3.8) is 0 Å². The van der Waals surface area contributed by atoms with Gasteiger partial charge in [0.1, 0.15) is 0 Å². The Hall–Kier alpha value is -1.06. The third-order valence-corrected chi connectivity index (χ3v) is 4.94. The van der Waals surface area contributed by atoms with Crippen LogP contribution >= 0.6 is 0 Å². The van der Waals surface area contributed by atoms with Crippen LogP contribution in [0.1, 0.15) is 57.8 Å². The zero-order valence-electron chi connectivity index (χ0n) is 12.2. The maximum Gasteiger partial charge on any atom is 0.223 e. The highest BCUT2D eigenvalue weighted by Gasteiger charge is 2.34. The van der Waals surface area contributed by atoms with Gasteiger partial charge in [0.05, 0.1) is 0 Å². The van der Waals surface area contributed by atoms with Crippen molar-refractivity contribution in [2.45, 2.75) is 63.8 Å². The van der Waals surface area contributed by atoms with E-state index in [1.807, 2.05) is 0 Å². The Labute approximate surface area is 121 Å². The predicted octanol–water partition coefficient (Wildman–Crippen LogP) is 1.99. The van der Waals surface area contributed by atoms with E-state index in [-0.39, 0.29) is 29.7 Å². The topological polar surface area (TPSA) is 58.2 Å². The molecule has 1 atom stereocenters. The van der Waals surface area contributed by atoms with Gasteiger partial charge in [-0.05, 0) is 44.4 Å². The van der Waals surface area contributed by atoms with E-state index in [4.69, 9.17) is 0 Å². The molecule has 0 bridgehead atoms. The van der Waals surface area contributed by atoms with Gasteiger partial charge in [0.25, 0.3) is 0 Å². The van der Waals surface area contributed by atoms with Crippen LogP contribution in [-0.4, -0.2) is 24.4 Å². The molecule has 3 fully saturated rings. The molecule has 20 heavy (non-hydrogen) atoms. The molecule has 0 aromatic rings. The minimum absolute atomic E-state index is 0.145. The van der Waals surface area contributed by atoms with Crippen molar-refractivity contribution in [1.29, 1.82) is 0 Å². The fourth-order valence-corrected chi connectivity index (χ4v) is 3.22. The molecule has 2 amide bonds. The summed E-state index contributed by atoms with van der Waals surface area (Å²) in [6.07, 6.45) is 10.4. The summed E-state index contributed by atoms with van der Waals surface area (Å²) in [6.45, 7) is 0.623. The Morgan fingerprint density at radius 3 is 2.05 bits per heavy atom. The lowest BCUT2D eigenvalue weighted by Crippen LogP contribution is -2.49. The van der Waals surface area contributed by atoms with Gasteiger partial charge in [-0.3, -0.25) is 9.59 Å². The molecule has 4 nitrogen and oxygen atoms in total. The van der Waals surface area contributed by atoms with Crippen LogP contribution in [0.25, 0.3) is 0 Å². The Balaban J connectivity index is 1.52. The summed E-state index contributed by atoms with van der Waals surface area (Å²) in [7, 11) is 0. The van der Waals surface area contributed by atoms with Crippen molar-refractivity contribution in [3.05, 3.63) is 0 Å². The van der Waals surface area contributed by atoms with Crippen molar-refractivity contribution in [2.75, 3.05) is 6.54 Å². The summed E-state index contributed by atoms with van der Waals surface area (Å²) in [6, 6.07) is 0.145. The molecule has 3 rings (SSSR count). The summed E-state index contributed by atoms with van der Waals surface area (Å²) in [5, 5.41) is 6.26. The van der Waals surface area contributed by atoms with Crippen LogP contribution in [0.4, 0.5) is 0 Å². The molecule has 3 aliphatic rings. The van der Waals surface area contributed by atoms with Crippen LogP contribution in [-0.2, 0) is 9.59 Å². The molecule has 2 N–H and O–H groups in total. The van der Waals surface area contributed by atoms with E-state index in [2.05, 4.69) is 10.6 Å². The molecule has 0 aromatic heterocycles. The second kappa shape index (κ2) is 6.15. The van der Waals surface area contributed by atoms with E-state index in [1.165, 1.54) is 32.1 Å². The predicted molar refractivity (Wildman–Crippen MR) is 77.0 cm³/mol. The molecule has 4 heteroatoms. The van der Waals surface area contributed by atoms with Crippen molar-refractivity contribution >= 4 is 11.8 Å². The monoisotopic (exact) mass is 278 g/mol. The quantitative estimate of drug-likeness (QED) is 0.780. The number of hydrogen-bond acceptors (Lipinski definition) is 2. The smallest absolute Gasteiger partial charge is 0.223 e. The van der Waals surface area contributed by atoms with Gasteiger partial charge in [0.2, 0.25) is 11.8 Å². The number of nitrogens with one attached hydrogen (secondary N) is 2. The highest BCUT2D eigenvalue weighted by molar-refractivity contribution is 5.82. The molecule has 112 valence electrons. The Morgan fingerprint density at radius 1 is 0.850 bits per heavy atom. The van der Waals surface area contributed by atoms with Gasteiger partial charge < -0.3 is 10.6 Å². The molecule has 0 radical (unpaired) electrons. The molecule has 3 aliphatic carbocycles. The number of rotatable bonds is 6. The average molecular weight is 278 g/mol. The van der Waals surface area contributed by atoms with Crippen molar-refractivity contribution in [3.8, 4) is 0 Å². The molecular formula is C16H26N2O2. The van der Waals surface area contributed by atoms with Crippen LogP contribution in [0, 0.1) is 17.8 Å². The largest absolute Gasteiger partial charge is 0.354 e. The number of amides is 2. The van der Waals surface area contributed by atoms with Gasteiger partial charge in [-0.25, -0.2) is 0 Å². The summed E-state index contributed by atoms with van der Waals surface area (Å²) >= 11 is 0. The fraction of sp³-hybridized carbons (Fsp3) is 0.875. The minimum atomic E-state index is 0.145. The maximum absolute atomic E-state index is 12.0. The average Bonchev–Trinajstić information content (AvgIpc) is 3.34. The summed E-state index contributed by atoms with van der Waals surface area (Å²) in [4.78, 5) is 23.8. The van der Waals surface area contributed by atoms with Crippen molar-refractivity contribution < 1.29 is 9.59 Å². The number of hydrogen-bond donors (Lipinski definition) is 2. The van der Waals surface area contributed by atoms with Gasteiger partial charge >= 0.3 is 0 Å². The van der Waals surface area contributed by atoms with E-state index in [0.717, 1.165) is 25.7 Å². The highest BCUT2D eigenvalue weighted by Crippen LogP contribution is 2.31. The fourth-order valence-electron chi connectivity index (χ4n) is 3.22. The van der Waals surface area contributed by atoms with Gasteiger partial charge in [0.15, 0.2) is 0 Å². The van der Waals surface area contributed by atoms with Crippen molar-refractivity contribution in [1.82, 2.24) is 10.6 Å². The first-order valence-corrected chi connectivity index (χ1v) is 8.32. The van der Waals surface area contributed by atoms with Gasteiger partial charge in [-0.1, -0.05) is 19.3 Å². The highest BCUT2D eigenvalue weighted by atomic mass is 16.2. The number of carbonyl (C=O) groups is 2. The normalized spacial score (nSPS) is 25.0. The minimum Gasteiger partial charge on any atom is -0.354 e. The lowest BCUT2D eigenvalue weighted by Gasteiger charge is -2.31. The van der Waals surface area contributed by atoms with Crippen LogP contribution < -0.4 is 10.6 Å². The van der Waals surface area contributed by atoms with E-state index < -0.39 is 0 Å².